The Balaban J connectivity index is 2.07. The number of ether oxygens (including phenoxy) is 1. The van der Waals surface area contributed by atoms with Gasteiger partial charge in [-0.15, -0.1) is 0 Å². The highest BCUT2D eigenvalue weighted by Crippen LogP contribution is 2.24. The molecule has 0 spiro atoms. The number of rotatable bonds is 6. The van der Waals surface area contributed by atoms with Crippen molar-refractivity contribution in [2.45, 2.75) is 52.1 Å². The van der Waals surface area contributed by atoms with Crippen molar-refractivity contribution < 1.29 is 19.4 Å². The summed E-state index contributed by atoms with van der Waals surface area (Å²) in [6.45, 7) is 8.15. The van der Waals surface area contributed by atoms with Crippen LogP contribution in [0.3, 0.4) is 0 Å². The molecule has 6 nitrogen and oxygen atoms in total. The highest BCUT2D eigenvalue weighted by Gasteiger charge is 2.25. The largest absolute Gasteiger partial charge is 0.496 e. The van der Waals surface area contributed by atoms with E-state index in [0.29, 0.717) is 17.2 Å². The van der Waals surface area contributed by atoms with Gasteiger partial charge in [0.05, 0.1) is 7.11 Å². The summed E-state index contributed by atoms with van der Waals surface area (Å²) in [4.78, 5) is 26.4. The maximum Gasteiger partial charge on any atom is 0.339 e. The Kier molecular flexibility index (Phi) is 6.42. The molecule has 1 aliphatic rings. The molecule has 0 radical (unpaired) electrons. The lowest BCUT2D eigenvalue weighted by Gasteiger charge is -2.36. The second-order valence-corrected chi connectivity index (χ2v) is 6.71. The van der Waals surface area contributed by atoms with Gasteiger partial charge < -0.3 is 20.1 Å². The lowest BCUT2D eigenvalue weighted by atomic mass is 10.00. The maximum atomic E-state index is 12.6. The zero-order valence-corrected chi connectivity index (χ0v) is 15.5. The molecular formula is C19H28N2O4. The van der Waals surface area contributed by atoms with Gasteiger partial charge in [0.25, 0.3) is 5.91 Å². The van der Waals surface area contributed by atoms with Crippen molar-refractivity contribution in [2.24, 2.45) is 0 Å². The highest BCUT2D eigenvalue weighted by atomic mass is 16.5. The van der Waals surface area contributed by atoms with Crippen LogP contribution in [0.1, 0.15) is 59.4 Å². The summed E-state index contributed by atoms with van der Waals surface area (Å²) in [5.41, 5.74) is 1.10. The van der Waals surface area contributed by atoms with Crippen LogP contribution in [-0.4, -0.2) is 54.2 Å². The number of methoxy groups -OCH3 is 1. The summed E-state index contributed by atoms with van der Waals surface area (Å²) in [5.74, 6) is -1.05. The molecule has 1 fully saturated rings. The van der Waals surface area contributed by atoms with Crippen LogP contribution in [0.5, 0.6) is 5.75 Å². The van der Waals surface area contributed by atoms with Gasteiger partial charge in [0.15, 0.2) is 0 Å². The monoisotopic (exact) mass is 348 g/mol. The zero-order chi connectivity index (χ0) is 18.6. The third kappa shape index (κ3) is 4.51. The third-order valence-electron chi connectivity index (χ3n) is 5.10. The van der Waals surface area contributed by atoms with Crippen molar-refractivity contribution in [3.05, 3.63) is 28.8 Å². The number of aromatic carboxylic acids is 1. The Hall–Kier alpha value is -2.08. The summed E-state index contributed by atoms with van der Waals surface area (Å²) < 4.78 is 5.10. The average Bonchev–Trinajstić information content (AvgIpc) is 2.60. The first-order valence-corrected chi connectivity index (χ1v) is 8.84. The molecule has 1 aliphatic heterocycles. The SMILES string of the molecule is CCC(C)N1CCC(NC(=O)c2cc(C(=O)O)c(OC)cc2C)CC1. The first-order valence-electron chi connectivity index (χ1n) is 8.84. The number of carboxylic acid groups (broad SMARTS) is 1. The van der Waals surface area contributed by atoms with E-state index in [1.54, 1.807) is 13.0 Å². The number of carbonyl (C=O) groups excluding carboxylic acids is 1. The molecule has 1 atom stereocenters. The lowest BCUT2D eigenvalue weighted by Crippen LogP contribution is -2.47. The van der Waals surface area contributed by atoms with Gasteiger partial charge in [-0.3, -0.25) is 4.79 Å². The fourth-order valence-corrected chi connectivity index (χ4v) is 3.27. The van der Waals surface area contributed by atoms with Crippen molar-refractivity contribution >= 4 is 11.9 Å². The Morgan fingerprint density at radius 1 is 1.32 bits per heavy atom. The van der Waals surface area contributed by atoms with Crippen molar-refractivity contribution in [3.8, 4) is 5.75 Å². The van der Waals surface area contributed by atoms with E-state index < -0.39 is 5.97 Å². The molecule has 2 N–H and O–H groups in total. The van der Waals surface area contributed by atoms with E-state index in [2.05, 4.69) is 24.1 Å². The quantitative estimate of drug-likeness (QED) is 0.826. The molecular weight excluding hydrogens is 320 g/mol. The molecule has 1 aromatic carbocycles. The Morgan fingerprint density at radius 2 is 1.96 bits per heavy atom. The minimum absolute atomic E-state index is 0.00448. The Morgan fingerprint density at radius 3 is 2.48 bits per heavy atom. The minimum Gasteiger partial charge on any atom is -0.496 e. The Labute approximate surface area is 149 Å². The van der Waals surface area contributed by atoms with Crippen LogP contribution in [0.15, 0.2) is 12.1 Å². The number of aryl methyl sites for hydroxylation is 1. The van der Waals surface area contributed by atoms with E-state index in [4.69, 9.17) is 4.74 Å². The summed E-state index contributed by atoms with van der Waals surface area (Å²) in [7, 11) is 1.42. The number of hydrogen-bond donors (Lipinski definition) is 2. The number of carboxylic acids is 1. The Bertz CT molecular complexity index is 637. The van der Waals surface area contributed by atoms with Crippen molar-refractivity contribution in [1.29, 1.82) is 0 Å². The molecule has 1 unspecified atom stereocenters. The summed E-state index contributed by atoms with van der Waals surface area (Å²) in [6, 6.07) is 3.70. The summed E-state index contributed by atoms with van der Waals surface area (Å²) in [5, 5.41) is 12.4. The molecule has 0 saturated carbocycles. The number of nitrogens with one attached hydrogen (secondary N) is 1. The number of likely N-dealkylation sites (tertiary alicyclic amines) is 1. The van der Waals surface area contributed by atoms with Gasteiger partial charge >= 0.3 is 5.97 Å². The molecule has 138 valence electrons. The van der Waals surface area contributed by atoms with Crippen LogP contribution in [0, 0.1) is 6.92 Å². The van der Waals surface area contributed by atoms with E-state index in [0.717, 1.165) is 32.4 Å². The molecule has 1 aromatic rings. The van der Waals surface area contributed by atoms with Gasteiger partial charge in [-0.05, 0) is 50.8 Å². The maximum absolute atomic E-state index is 12.6. The molecule has 6 heteroatoms. The van der Waals surface area contributed by atoms with Crippen molar-refractivity contribution in [1.82, 2.24) is 10.2 Å². The average molecular weight is 348 g/mol. The normalized spacial score (nSPS) is 17.1. The number of carbonyl (C=O) groups is 2. The number of hydrogen-bond acceptors (Lipinski definition) is 4. The van der Waals surface area contributed by atoms with Gasteiger partial charge in [0.2, 0.25) is 0 Å². The van der Waals surface area contributed by atoms with Crippen LogP contribution in [0.4, 0.5) is 0 Å². The lowest BCUT2D eigenvalue weighted by molar-refractivity contribution is 0.0693. The minimum atomic E-state index is -1.10. The second kappa shape index (κ2) is 8.34. The van der Waals surface area contributed by atoms with E-state index in [1.807, 2.05) is 0 Å². The van der Waals surface area contributed by atoms with E-state index in [9.17, 15) is 14.7 Å². The van der Waals surface area contributed by atoms with Crippen LogP contribution >= 0.6 is 0 Å². The molecule has 25 heavy (non-hydrogen) atoms. The molecule has 1 heterocycles. The van der Waals surface area contributed by atoms with E-state index in [1.165, 1.54) is 13.2 Å². The molecule has 0 aromatic heterocycles. The summed E-state index contributed by atoms with van der Waals surface area (Å²) >= 11 is 0. The van der Waals surface area contributed by atoms with E-state index in [-0.39, 0.29) is 23.3 Å². The van der Waals surface area contributed by atoms with Gasteiger partial charge in [-0.25, -0.2) is 4.79 Å². The first-order chi connectivity index (χ1) is 11.9. The molecule has 1 amide bonds. The van der Waals surface area contributed by atoms with Gasteiger partial charge in [-0.1, -0.05) is 6.92 Å². The predicted octanol–water partition coefficient (Wildman–Crippen LogP) is 2.69. The van der Waals surface area contributed by atoms with Crippen LogP contribution in [-0.2, 0) is 0 Å². The van der Waals surface area contributed by atoms with Gasteiger partial charge in [0, 0.05) is 30.7 Å². The smallest absolute Gasteiger partial charge is 0.339 e. The number of piperidine rings is 1. The topological polar surface area (TPSA) is 78.9 Å². The fraction of sp³-hybridized carbons (Fsp3) is 0.579. The fourth-order valence-electron chi connectivity index (χ4n) is 3.27. The third-order valence-corrected chi connectivity index (χ3v) is 5.10. The van der Waals surface area contributed by atoms with Crippen LogP contribution in [0.25, 0.3) is 0 Å². The number of amides is 1. The van der Waals surface area contributed by atoms with Gasteiger partial charge in [-0.2, -0.15) is 0 Å². The number of benzene rings is 1. The van der Waals surface area contributed by atoms with Gasteiger partial charge in [0.1, 0.15) is 11.3 Å². The predicted molar refractivity (Wildman–Crippen MR) is 96.5 cm³/mol. The van der Waals surface area contributed by atoms with Crippen LogP contribution < -0.4 is 10.1 Å². The molecule has 0 bridgehead atoms. The summed E-state index contributed by atoms with van der Waals surface area (Å²) in [6.07, 6.45) is 2.95. The molecule has 1 saturated heterocycles. The first kappa shape index (κ1) is 19.2. The zero-order valence-electron chi connectivity index (χ0n) is 15.5. The van der Waals surface area contributed by atoms with Crippen LogP contribution in [0.2, 0.25) is 0 Å². The standard InChI is InChI=1S/C19H28N2O4/c1-5-13(3)21-8-6-14(7-9-21)20-18(22)15-11-16(19(23)24)17(25-4)10-12(15)2/h10-11,13-14H,5-9H2,1-4H3,(H,20,22)(H,23,24). The molecule has 2 rings (SSSR count). The number of nitrogens with zero attached hydrogens (tertiary/aromatic N) is 1. The van der Waals surface area contributed by atoms with Crippen molar-refractivity contribution in [3.63, 3.8) is 0 Å². The highest BCUT2D eigenvalue weighted by molar-refractivity contribution is 6.00. The molecule has 0 aliphatic carbocycles. The van der Waals surface area contributed by atoms with E-state index >= 15 is 0 Å². The second-order valence-electron chi connectivity index (χ2n) is 6.71. The van der Waals surface area contributed by atoms with Crippen molar-refractivity contribution in [2.75, 3.05) is 20.2 Å².